The zero-order valence-corrected chi connectivity index (χ0v) is 19.0. The zero-order valence-electron chi connectivity index (χ0n) is 19.0. The lowest BCUT2D eigenvalue weighted by Gasteiger charge is -2.19. The van der Waals surface area contributed by atoms with Gasteiger partial charge in [-0.15, -0.1) is 0 Å². The van der Waals surface area contributed by atoms with Crippen molar-refractivity contribution in [1.29, 1.82) is 0 Å². The van der Waals surface area contributed by atoms with Crippen molar-refractivity contribution in [3.05, 3.63) is 131 Å². The Morgan fingerprint density at radius 2 is 1.32 bits per heavy atom. The quantitative estimate of drug-likeness (QED) is 0.370. The van der Waals surface area contributed by atoms with E-state index in [9.17, 15) is 9.59 Å². The summed E-state index contributed by atoms with van der Waals surface area (Å²) in [7, 11) is 1.75. The molecule has 0 unspecified atom stereocenters. The first-order valence-corrected chi connectivity index (χ1v) is 11.1. The summed E-state index contributed by atoms with van der Waals surface area (Å²) in [5, 5.41) is 2.88. The molecule has 1 N–H and O–H groups in total. The fourth-order valence-corrected chi connectivity index (χ4v) is 3.55. The second-order valence-corrected chi connectivity index (χ2v) is 7.95. The number of nitrogens with zero attached hydrogens (tertiary/aromatic N) is 1. The number of carbonyl (C=O) groups is 2. The molecule has 0 spiro atoms. The lowest BCUT2D eigenvalue weighted by molar-refractivity contribution is 0.0786. The Bertz CT molecular complexity index is 1240. The third-order valence-corrected chi connectivity index (χ3v) is 5.38. The first kappa shape index (κ1) is 22.8. The smallest absolute Gasteiger partial charge is 0.256 e. The number of ether oxygens (including phenoxy) is 1. The molecule has 5 nitrogen and oxygen atoms in total. The lowest BCUT2D eigenvalue weighted by Crippen LogP contribution is -2.27. The van der Waals surface area contributed by atoms with Crippen molar-refractivity contribution in [3.63, 3.8) is 0 Å². The fraction of sp³-hybridized carbons (Fsp3) is 0.103. The molecular weight excluding hydrogens is 424 g/mol. The number of carbonyl (C=O) groups excluding carboxylic acids is 2. The first-order chi connectivity index (χ1) is 16.6. The summed E-state index contributed by atoms with van der Waals surface area (Å²) >= 11 is 0. The van der Waals surface area contributed by atoms with Crippen molar-refractivity contribution in [1.82, 2.24) is 4.90 Å². The predicted molar refractivity (Wildman–Crippen MR) is 134 cm³/mol. The molecule has 5 heteroatoms. The van der Waals surface area contributed by atoms with Crippen LogP contribution in [0.4, 0.5) is 5.69 Å². The van der Waals surface area contributed by atoms with Gasteiger partial charge in [0.15, 0.2) is 0 Å². The normalized spacial score (nSPS) is 10.4. The number of nitrogens with one attached hydrogen (secondary N) is 1. The van der Waals surface area contributed by atoms with Crippen LogP contribution in [0.1, 0.15) is 31.8 Å². The van der Waals surface area contributed by atoms with Gasteiger partial charge in [0.2, 0.25) is 0 Å². The van der Waals surface area contributed by atoms with Gasteiger partial charge in [0.1, 0.15) is 12.4 Å². The van der Waals surface area contributed by atoms with E-state index in [1.807, 2.05) is 60.7 Å². The van der Waals surface area contributed by atoms with Crippen LogP contribution in [0.5, 0.6) is 5.75 Å². The average molecular weight is 451 g/mol. The summed E-state index contributed by atoms with van der Waals surface area (Å²) in [4.78, 5) is 27.6. The standard InChI is InChI=1S/C29H26N2O3/c1-31(20-22-10-4-2-5-11-22)29(33)26-14-8-9-15-27(26)30-28(32)24-16-18-25(19-17-24)34-21-23-12-6-3-7-13-23/h2-19H,20-21H2,1H3,(H,30,32). The molecule has 0 saturated heterocycles. The third kappa shape index (κ3) is 5.90. The van der Waals surface area contributed by atoms with Crippen LogP contribution in [0.25, 0.3) is 0 Å². The van der Waals surface area contributed by atoms with E-state index >= 15 is 0 Å². The zero-order chi connectivity index (χ0) is 23.8. The molecule has 4 aromatic carbocycles. The molecule has 0 aliphatic heterocycles. The van der Waals surface area contributed by atoms with E-state index in [4.69, 9.17) is 4.74 Å². The van der Waals surface area contributed by atoms with Gasteiger partial charge in [-0.05, 0) is 47.5 Å². The van der Waals surface area contributed by atoms with E-state index in [1.165, 1.54) is 0 Å². The van der Waals surface area contributed by atoms with Crippen LogP contribution in [0, 0.1) is 0 Å². The van der Waals surface area contributed by atoms with Crippen LogP contribution in [-0.4, -0.2) is 23.8 Å². The van der Waals surface area contributed by atoms with Crippen LogP contribution < -0.4 is 10.1 Å². The first-order valence-electron chi connectivity index (χ1n) is 11.1. The van der Waals surface area contributed by atoms with Crippen molar-refractivity contribution < 1.29 is 14.3 Å². The van der Waals surface area contributed by atoms with Gasteiger partial charge < -0.3 is 15.0 Å². The molecule has 0 aliphatic rings. The summed E-state index contributed by atoms with van der Waals surface area (Å²) < 4.78 is 5.79. The van der Waals surface area contributed by atoms with Crippen LogP contribution in [0.3, 0.4) is 0 Å². The van der Waals surface area contributed by atoms with Crippen LogP contribution in [0.15, 0.2) is 109 Å². The largest absolute Gasteiger partial charge is 0.489 e. The van der Waals surface area contributed by atoms with Crippen molar-refractivity contribution in [2.75, 3.05) is 12.4 Å². The van der Waals surface area contributed by atoms with Crippen molar-refractivity contribution in [2.24, 2.45) is 0 Å². The topological polar surface area (TPSA) is 58.6 Å². The Labute approximate surface area is 199 Å². The molecule has 0 bridgehead atoms. The molecule has 0 saturated carbocycles. The van der Waals surface area contributed by atoms with E-state index in [0.717, 1.165) is 11.1 Å². The maximum atomic E-state index is 13.1. The Balaban J connectivity index is 1.40. The minimum Gasteiger partial charge on any atom is -0.489 e. The number of amides is 2. The second-order valence-electron chi connectivity index (χ2n) is 7.95. The molecule has 0 aliphatic carbocycles. The molecule has 34 heavy (non-hydrogen) atoms. The van der Waals surface area contributed by atoms with E-state index < -0.39 is 0 Å². The monoisotopic (exact) mass is 450 g/mol. The third-order valence-electron chi connectivity index (χ3n) is 5.38. The van der Waals surface area contributed by atoms with Crippen molar-refractivity contribution in [3.8, 4) is 5.75 Å². The maximum absolute atomic E-state index is 13.1. The Kier molecular flexibility index (Phi) is 7.35. The summed E-state index contributed by atoms with van der Waals surface area (Å²) in [5.41, 5.74) is 3.50. The highest BCUT2D eigenvalue weighted by Crippen LogP contribution is 2.20. The van der Waals surface area contributed by atoms with Gasteiger partial charge >= 0.3 is 0 Å². The number of rotatable bonds is 8. The number of anilines is 1. The molecular formula is C29H26N2O3. The van der Waals surface area contributed by atoms with Gasteiger partial charge in [-0.1, -0.05) is 72.8 Å². The number of hydrogen-bond acceptors (Lipinski definition) is 3. The van der Waals surface area contributed by atoms with E-state index in [1.54, 1.807) is 60.5 Å². The summed E-state index contributed by atoms with van der Waals surface area (Å²) in [6, 6.07) is 33.7. The molecule has 0 fully saturated rings. The SMILES string of the molecule is CN(Cc1ccccc1)C(=O)c1ccccc1NC(=O)c1ccc(OCc2ccccc2)cc1. The molecule has 0 aromatic heterocycles. The molecule has 4 aromatic rings. The predicted octanol–water partition coefficient (Wildman–Crippen LogP) is 5.79. The summed E-state index contributed by atoms with van der Waals surface area (Å²) in [6.07, 6.45) is 0. The van der Waals surface area contributed by atoms with Gasteiger partial charge in [-0.3, -0.25) is 9.59 Å². The van der Waals surface area contributed by atoms with Crippen LogP contribution in [-0.2, 0) is 13.2 Å². The van der Waals surface area contributed by atoms with Crippen LogP contribution >= 0.6 is 0 Å². The van der Waals surface area contributed by atoms with Gasteiger partial charge in [-0.2, -0.15) is 0 Å². The van der Waals surface area contributed by atoms with Gasteiger partial charge in [-0.25, -0.2) is 0 Å². The molecule has 2 amide bonds. The molecule has 0 atom stereocenters. The van der Waals surface area contributed by atoms with Crippen LogP contribution in [0.2, 0.25) is 0 Å². The number of benzene rings is 4. The second kappa shape index (κ2) is 11.0. The van der Waals surface area contributed by atoms with Gasteiger partial charge in [0, 0.05) is 19.2 Å². The lowest BCUT2D eigenvalue weighted by atomic mass is 10.1. The average Bonchev–Trinajstić information content (AvgIpc) is 2.89. The Morgan fingerprint density at radius 1 is 0.735 bits per heavy atom. The Hall–Kier alpha value is -4.38. The number of hydrogen-bond donors (Lipinski definition) is 1. The Morgan fingerprint density at radius 3 is 2.00 bits per heavy atom. The molecule has 170 valence electrons. The highest BCUT2D eigenvalue weighted by Gasteiger charge is 2.17. The van der Waals surface area contributed by atoms with Crippen molar-refractivity contribution >= 4 is 17.5 Å². The molecule has 0 heterocycles. The van der Waals surface area contributed by atoms with E-state index in [-0.39, 0.29) is 11.8 Å². The molecule has 0 radical (unpaired) electrons. The van der Waals surface area contributed by atoms with Gasteiger partial charge in [0.05, 0.1) is 11.3 Å². The summed E-state index contributed by atoms with van der Waals surface area (Å²) in [6.45, 7) is 0.935. The number of para-hydroxylation sites is 1. The summed E-state index contributed by atoms with van der Waals surface area (Å²) in [5.74, 6) is 0.225. The minimum absolute atomic E-state index is 0.163. The highest BCUT2D eigenvalue weighted by atomic mass is 16.5. The van der Waals surface area contributed by atoms with E-state index in [0.29, 0.717) is 35.7 Å². The minimum atomic E-state index is -0.291. The highest BCUT2D eigenvalue weighted by molar-refractivity contribution is 6.09. The molecule has 4 rings (SSSR count). The van der Waals surface area contributed by atoms with Gasteiger partial charge in [0.25, 0.3) is 11.8 Å². The van der Waals surface area contributed by atoms with E-state index in [2.05, 4.69) is 5.32 Å². The maximum Gasteiger partial charge on any atom is 0.256 e. The van der Waals surface area contributed by atoms with Crippen molar-refractivity contribution in [2.45, 2.75) is 13.2 Å². The fourth-order valence-electron chi connectivity index (χ4n) is 3.55.